The van der Waals surface area contributed by atoms with Gasteiger partial charge >= 0.3 is 0 Å². The maximum atomic E-state index is 5.12. The average Bonchev–Trinajstić information content (AvgIpc) is 3.67. The molecule has 5 aromatic carbocycles. The lowest BCUT2D eigenvalue weighted by Crippen LogP contribution is -1.95. The summed E-state index contributed by atoms with van der Waals surface area (Å²) in [6, 6.07) is 36.2. The SMILES string of the molecule is c1ccc(-c2nc(-c3ccc4c(c3)c3cc5ncsc5c5c6ccccc6n4c35)nc3ccccc23)cc1. The lowest BCUT2D eigenvalue weighted by Gasteiger charge is -2.09. The van der Waals surface area contributed by atoms with Crippen LogP contribution in [0.5, 0.6) is 0 Å². The molecule has 0 atom stereocenters. The molecule has 5 heteroatoms. The van der Waals surface area contributed by atoms with Crippen LogP contribution >= 0.6 is 11.3 Å². The molecular weight excluding hydrogens is 484 g/mol. The quantitative estimate of drug-likeness (QED) is 0.237. The van der Waals surface area contributed by atoms with Gasteiger partial charge in [0.1, 0.15) is 0 Å². The van der Waals surface area contributed by atoms with E-state index in [1.54, 1.807) is 11.3 Å². The first-order valence-electron chi connectivity index (χ1n) is 12.6. The topological polar surface area (TPSA) is 43.1 Å². The maximum Gasteiger partial charge on any atom is 0.160 e. The molecule has 0 saturated heterocycles. The van der Waals surface area contributed by atoms with E-state index >= 15 is 0 Å². The summed E-state index contributed by atoms with van der Waals surface area (Å²) in [5.74, 6) is 0.734. The van der Waals surface area contributed by atoms with Gasteiger partial charge in [-0.3, -0.25) is 0 Å². The van der Waals surface area contributed by atoms with Crippen LogP contribution in [-0.2, 0) is 0 Å². The van der Waals surface area contributed by atoms with E-state index in [1.165, 1.54) is 42.8 Å². The number of aromatic nitrogens is 4. The fourth-order valence-electron chi connectivity index (χ4n) is 6.04. The van der Waals surface area contributed by atoms with Crippen LogP contribution in [0.4, 0.5) is 0 Å². The average molecular weight is 503 g/mol. The Labute approximate surface area is 220 Å². The van der Waals surface area contributed by atoms with Gasteiger partial charge < -0.3 is 4.40 Å². The highest BCUT2D eigenvalue weighted by Crippen LogP contribution is 2.44. The first kappa shape index (κ1) is 20.2. The Morgan fingerprint density at radius 2 is 1.37 bits per heavy atom. The Morgan fingerprint density at radius 3 is 2.29 bits per heavy atom. The number of rotatable bonds is 2. The molecule has 9 aromatic rings. The van der Waals surface area contributed by atoms with E-state index in [4.69, 9.17) is 15.0 Å². The Bertz CT molecular complexity index is 2350. The summed E-state index contributed by atoms with van der Waals surface area (Å²) in [4.78, 5) is 14.8. The van der Waals surface area contributed by atoms with Crippen molar-refractivity contribution in [2.24, 2.45) is 0 Å². The number of thiazole rings is 1. The van der Waals surface area contributed by atoms with Crippen LogP contribution in [0.25, 0.3) is 81.9 Å². The molecule has 4 aromatic heterocycles. The highest BCUT2D eigenvalue weighted by atomic mass is 32.1. The normalized spacial score (nSPS) is 12.2. The van der Waals surface area contributed by atoms with Crippen molar-refractivity contribution >= 4 is 70.6 Å². The number of nitrogens with zero attached hydrogens (tertiary/aromatic N) is 4. The number of para-hydroxylation sites is 2. The molecule has 0 aliphatic rings. The molecule has 0 N–H and O–H groups in total. The smallest absolute Gasteiger partial charge is 0.160 e. The molecule has 0 aliphatic carbocycles. The van der Waals surface area contributed by atoms with Crippen LogP contribution < -0.4 is 0 Å². The number of fused-ring (bicyclic) bond motifs is 9. The standard InChI is InChI=1S/C33H18N4S/c1-2-8-19(9-3-1)30-21-10-4-6-12-25(21)35-33(36-30)20-14-15-28-23(16-20)24-17-26-32(38-18-34-26)29-22-11-5-7-13-27(22)37(28)31(24)29/h1-18H. The van der Waals surface area contributed by atoms with Crippen molar-refractivity contribution in [2.75, 3.05) is 0 Å². The molecular formula is C33H18N4S. The molecule has 0 bridgehead atoms. The van der Waals surface area contributed by atoms with E-state index in [9.17, 15) is 0 Å². The molecule has 4 nitrogen and oxygen atoms in total. The van der Waals surface area contributed by atoms with Gasteiger partial charge in [-0.25, -0.2) is 15.0 Å². The Morgan fingerprint density at radius 1 is 0.579 bits per heavy atom. The fourth-order valence-corrected chi connectivity index (χ4v) is 6.87. The maximum absolute atomic E-state index is 5.12. The van der Waals surface area contributed by atoms with Crippen molar-refractivity contribution in [2.45, 2.75) is 0 Å². The number of benzene rings is 5. The molecule has 4 heterocycles. The van der Waals surface area contributed by atoms with Crippen molar-refractivity contribution in [1.82, 2.24) is 19.4 Å². The monoisotopic (exact) mass is 502 g/mol. The van der Waals surface area contributed by atoms with Gasteiger partial charge in [-0.05, 0) is 36.4 Å². The van der Waals surface area contributed by atoms with E-state index < -0.39 is 0 Å². The third-order valence-electron chi connectivity index (χ3n) is 7.67. The van der Waals surface area contributed by atoms with Gasteiger partial charge in [-0.1, -0.05) is 66.7 Å². The first-order chi connectivity index (χ1) is 18.8. The van der Waals surface area contributed by atoms with Crippen molar-refractivity contribution in [3.05, 3.63) is 109 Å². The zero-order valence-electron chi connectivity index (χ0n) is 20.1. The summed E-state index contributed by atoms with van der Waals surface area (Å²) in [7, 11) is 0. The molecule has 0 unspecified atom stereocenters. The van der Waals surface area contributed by atoms with Crippen molar-refractivity contribution < 1.29 is 0 Å². The van der Waals surface area contributed by atoms with Crippen LogP contribution in [0.1, 0.15) is 0 Å². The lowest BCUT2D eigenvalue weighted by atomic mass is 10.0. The molecule has 0 aliphatic heterocycles. The summed E-state index contributed by atoms with van der Waals surface area (Å²) < 4.78 is 3.66. The Hall–Kier alpha value is -4.87. The van der Waals surface area contributed by atoms with E-state index in [0.717, 1.165) is 39.1 Å². The minimum atomic E-state index is 0.734. The molecule has 38 heavy (non-hydrogen) atoms. The minimum absolute atomic E-state index is 0.734. The predicted octanol–water partition coefficient (Wildman–Crippen LogP) is 8.72. The van der Waals surface area contributed by atoms with E-state index in [0.29, 0.717) is 0 Å². The first-order valence-corrected chi connectivity index (χ1v) is 13.5. The molecule has 0 fully saturated rings. The second-order valence-electron chi connectivity index (χ2n) is 9.71. The van der Waals surface area contributed by atoms with Gasteiger partial charge in [0.15, 0.2) is 5.82 Å². The molecule has 0 saturated carbocycles. The summed E-state index contributed by atoms with van der Waals surface area (Å²) in [5, 5.41) is 6.04. The van der Waals surface area contributed by atoms with Gasteiger partial charge in [-0.15, -0.1) is 11.3 Å². The predicted molar refractivity (Wildman–Crippen MR) is 158 cm³/mol. The molecule has 9 rings (SSSR count). The van der Waals surface area contributed by atoms with Crippen LogP contribution in [0, 0.1) is 0 Å². The molecule has 0 spiro atoms. The summed E-state index contributed by atoms with van der Waals surface area (Å²) in [6.07, 6.45) is 0. The second kappa shape index (κ2) is 7.34. The van der Waals surface area contributed by atoms with Gasteiger partial charge in [0.2, 0.25) is 0 Å². The van der Waals surface area contributed by atoms with E-state index in [1.807, 2.05) is 23.7 Å². The summed E-state index contributed by atoms with van der Waals surface area (Å²) in [6.45, 7) is 0. The largest absolute Gasteiger partial charge is 0.308 e. The number of hydrogen-bond acceptors (Lipinski definition) is 4. The van der Waals surface area contributed by atoms with Crippen molar-refractivity contribution in [1.29, 1.82) is 0 Å². The highest BCUT2D eigenvalue weighted by Gasteiger charge is 2.21. The van der Waals surface area contributed by atoms with Crippen molar-refractivity contribution in [3.63, 3.8) is 0 Å². The van der Waals surface area contributed by atoms with E-state index in [2.05, 4.69) is 89.3 Å². The highest BCUT2D eigenvalue weighted by molar-refractivity contribution is 7.18. The summed E-state index contributed by atoms with van der Waals surface area (Å²) >= 11 is 1.72. The van der Waals surface area contributed by atoms with Crippen LogP contribution in [0.3, 0.4) is 0 Å². The van der Waals surface area contributed by atoms with Gasteiger partial charge in [0.05, 0.1) is 43.5 Å². The molecule has 0 amide bonds. The second-order valence-corrected chi connectivity index (χ2v) is 10.6. The minimum Gasteiger partial charge on any atom is -0.308 e. The Kier molecular flexibility index (Phi) is 3.91. The third kappa shape index (κ3) is 2.61. The van der Waals surface area contributed by atoms with Crippen LogP contribution in [-0.4, -0.2) is 19.4 Å². The third-order valence-corrected chi connectivity index (χ3v) is 8.53. The fraction of sp³-hybridized carbons (Fsp3) is 0. The zero-order valence-corrected chi connectivity index (χ0v) is 20.9. The van der Waals surface area contributed by atoms with Gasteiger partial charge in [0.25, 0.3) is 0 Å². The Balaban J connectivity index is 1.38. The van der Waals surface area contributed by atoms with Gasteiger partial charge in [0, 0.05) is 38.1 Å². The molecule has 0 radical (unpaired) electrons. The zero-order chi connectivity index (χ0) is 24.8. The van der Waals surface area contributed by atoms with Crippen LogP contribution in [0.15, 0.2) is 109 Å². The number of hydrogen-bond donors (Lipinski definition) is 0. The summed E-state index contributed by atoms with van der Waals surface area (Å²) in [5.41, 5.74) is 10.7. The molecule has 176 valence electrons. The lowest BCUT2D eigenvalue weighted by molar-refractivity contribution is 1.23. The van der Waals surface area contributed by atoms with Crippen molar-refractivity contribution in [3.8, 4) is 22.6 Å². The van der Waals surface area contributed by atoms with E-state index in [-0.39, 0.29) is 0 Å². The van der Waals surface area contributed by atoms with Gasteiger partial charge in [-0.2, -0.15) is 0 Å². The van der Waals surface area contributed by atoms with Crippen LogP contribution in [0.2, 0.25) is 0 Å².